The lowest BCUT2D eigenvalue weighted by Crippen LogP contribution is -2.47. The molecule has 0 radical (unpaired) electrons. The first-order valence-corrected chi connectivity index (χ1v) is 5.13. The van der Waals surface area contributed by atoms with Gasteiger partial charge in [-0.15, -0.1) is 0 Å². The molecule has 0 aliphatic carbocycles. The van der Waals surface area contributed by atoms with Crippen LogP contribution in [0.4, 0.5) is 0 Å². The van der Waals surface area contributed by atoms with E-state index < -0.39 is 0 Å². The van der Waals surface area contributed by atoms with E-state index in [2.05, 4.69) is 12.2 Å². The number of rotatable bonds is 4. The largest absolute Gasteiger partial charge is 0.393 e. The summed E-state index contributed by atoms with van der Waals surface area (Å²) in [5.74, 6) is 0. The van der Waals surface area contributed by atoms with Crippen molar-refractivity contribution in [1.29, 1.82) is 0 Å². The van der Waals surface area contributed by atoms with Crippen LogP contribution in [-0.4, -0.2) is 36.5 Å². The van der Waals surface area contributed by atoms with Crippen LogP contribution in [0, 0.1) is 0 Å². The molecule has 0 aromatic carbocycles. The highest BCUT2D eigenvalue weighted by molar-refractivity contribution is 4.85. The second-order valence-electron chi connectivity index (χ2n) is 4.24. The highest BCUT2D eigenvalue weighted by atomic mass is 16.5. The summed E-state index contributed by atoms with van der Waals surface area (Å²) in [7, 11) is 0. The lowest BCUT2D eigenvalue weighted by molar-refractivity contribution is 0.0439. The lowest BCUT2D eigenvalue weighted by Gasteiger charge is -2.34. The van der Waals surface area contributed by atoms with Gasteiger partial charge in [-0.25, -0.2) is 0 Å². The van der Waals surface area contributed by atoms with Crippen molar-refractivity contribution in [2.45, 2.75) is 44.8 Å². The molecule has 0 aromatic rings. The molecule has 3 nitrogen and oxygen atoms in total. The van der Waals surface area contributed by atoms with E-state index in [1.54, 1.807) is 0 Å². The van der Waals surface area contributed by atoms with Crippen molar-refractivity contribution >= 4 is 0 Å². The summed E-state index contributed by atoms with van der Waals surface area (Å²) in [4.78, 5) is 0. The third-order valence-corrected chi connectivity index (χ3v) is 2.71. The van der Waals surface area contributed by atoms with Gasteiger partial charge in [-0.2, -0.15) is 0 Å². The van der Waals surface area contributed by atoms with E-state index in [0.717, 1.165) is 39.0 Å². The van der Waals surface area contributed by atoms with Crippen LogP contribution in [0.5, 0.6) is 0 Å². The second kappa shape index (κ2) is 4.94. The Hall–Kier alpha value is -0.120. The quantitative estimate of drug-likeness (QED) is 0.687. The van der Waals surface area contributed by atoms with E-state index in [1.807, 2.05) is 6.92 Å². The number of aliphatic hydroxyl groups is 1. The topological polar surface area (TPSA) is 41.5 Å². The molecule has 0 bridgehead atoms. The predicted molar refractivity (Wildman–Crippen MR) is 52.8 cm³/mol. The van der Waals surface area contributed by atoms with E-state index in [4.69, 9.17) is 9.84 Å². The Morgan fingerprint density at radius 3 is 2.62 bits per heavy atom. The Labute approximate surface area is 80.5 Å². The van der Waals surface area contributed by atoms with Crippen molar-refractivity contribution in [2.75, 3.05) is 19.8 Å². The van der Waals surface area contributed by atoms with Crippen LogP contribution in [0.25, 0.3) is 0 Å². The standard InChI is InChI=1S/C10H21NO2/c1-9(12)3-6-11-10(2)4-7-13-8-5-10/h9,11-12H,3-8H2,1-2H3. The molecule has 1 aliphatic heterocycles. The summed E-state index contributed by atoms with van der Waals surface area (Å²) in [5.41, 5.74) is 0.229. The highest BCUT2D eigenvalue weighted by Crippen LogP contribution is 2.19. The molecule has 3 heteroatoms. The molecular weight excluding hydrogens is 166 g/mol. The fraction of sp³-hybridized carbons (Fsp3) is 1.00. The van der Waals surface area contributed by atoms with Gasteiger partial charge in [0.2, 0.25) is 0 Å². The van der Waals surface area contributed by atoms with Crippen LogP contribution in [0.3, 0.4) is 0 Å². The van der Waals surface area contributed by atoms with Gasteiger partial charge in [0.05, 0.1) is 6.10 Å². The SMILES string of the molecule is CC(O)CCNC1(C)CCOCC1. The van der Waals surface area contributed by atoms with Gasteiger partial charge in [0.25, 0.3) is 0 Å². The van der Waals surface area contributed by atoms with Gasteiger partial charge in [-0.1, -0.05) is 0 Å². The first-order chi connectivity index (χ1) is 6.12. The van der Waals surface area contributed by atoms with Crippen LogP contribution in [0.2, 0.25) is 0 Å². The first kappa shape index (κ1) is 11.0. The average Bonchev–Trinajstić information content (AvgIpc) is 2.04. The van der Waals surface area contributed by atoms with Gasteiger partial charge in [0.15, 0.2) is 0 Å². The number of nitrogens with one attached hydrogen (secondary N) is 1. The molecule has 1 saturated heterocycles. The van der Waals surface area contributed by atoms with Crippen molar-refractivity contribution < 1.29 is 9.84 Å². The van der Waals surface area contributed by atoms with Gasteiger partial charge in [0, 0.05) is 18.8 Å². The van der Waals surface area contributed by atoms with Crippen LogP contribution >= 0.6 is 0 Å². The van der Waals surface area contributed by atoms with E-state index in [-0.39, 0.29) is 11.6 Å². The minimum Gasteiger partial charge on any atom is -0.393 e. The maximum absolute atomic E-state index is 9.10. The molecule has 1 atom stereocenters. The Morgan fingerprint density at radius 1 is 1.46 bits per heavy atom. The van der Waals surface area contributed by atoms with Crippen molar-refractivity contribution in [2.24, 2.45) is 0 Å². The average molecular weight is 187 g/mol. The first-order valence-electron chi connectivity index (χ1n) is 5.13. The molecule has 78 valence electrons. The van der Waals surface area contributed by atoms with Gasteiger partial charge < -0.3 is 15.2 Å². The third kappa shape index (κ3) is 4.07. The van der Waals surface area contributed by atoms with Crippen molar-refractivity contribution in [3.05, 3.63) is 0 Å². The van der Waals surface area contributed by atoms with Gasteiger partial charge in [-0.05, 0) is 39.7 Å². The molecule has 1 heterocycles. The molecule has 0 amide bonds. The fourth-order valence-corrected chi connectivity index (χ4v) is 1.58. The molecular formula is C10H21NO2. The predicted octanol–water partition coefficient (Wildman–Crippen LogP) is 0.916. The lowest BCUT2D eigenvalue weighted by atomic mass is 9.92. The molecule has 0 spiro atoms. The van der Waals surface area contributed by atoms with Crippen molar-refractivity contribution in [1.82, 2.24) is 5.32 Å². The summed E-state index contributed by atoms with van der Waals surface area (Å²) in [6, 6.07) is 0. The number of ether oxygens (including phenoxy) is 1. The molecule has 1 rings (SSSR count). The minimum absolute atomic E-state index is 0.198. The Balaban J connectivity index is 2.17. The summed E-state index contributed by atoms with van der Waals surface area (Å²) in [6.45, 7) is 6.68. The number of hydrogen-bond acceptors (Lipinski definition) is 3. The van der Waals surface area contributed by atoms with Gasteiger partial charge >= 0.3 is 0 Å². The van der Waals surface area contributed by atoms with Gasteiger partial charge in [-0.3, -0.25) is 0 Å². The Morgan fingerprint density at radius 2 is 2.08 bits per heavy atom. The Kier molecular flexibility index (Phi) is 4.16. The summed E-state index contributed by atoms with van der Waals surface area (Å²) in [5, 5.41) is 12.6. The van der Waals surface area contributed by atoms with E-state index in [1.165, 1.54) is 0 Å². The van der Waals surface area contributed by atoms with E-state index >= 15 is 0 Å². The van der Waals surface area contributed by atoms with Crippen molar-refractivity contribution in [3.8, 4) is 0 Å². The molecule has 0 saturated carbocycles. The maximum atomic E-state index is 9.10. The third-order valence-electron chi connectivity index (χ3n) is 2.71. The molecule has 13 heavy (non-hydrogen) atoms. The number of aliphatic hydroxyl groups excluding tert-OH is 1. The van der Waals surface area contributed by atoms with Crippen LogP contribution in [-0.2, 0) is 4.74 Å². The Bertz CT molecular complexity index is 142. The van der Waals surface area contributed by atoms with Crippen LogP contribution in [0.1, 0.15) is 33.1 Å². The zero-order valence-corrected chi connectivity index (χ0v) is 8.68. The second-order valence-corrected chi connectivity index (χ2v) is 4.24. The molecule has 1 aliphatic rings. The molecule has 2 N–H and O–H groups in total. The molecule has 0 aromatic heterocycles. The van der Waals surface area contributed by atoms with Crippen molar-refractivity contribution in [3.63, 3.8) is 0 Å². The normalized spacial score (nSPS) is 24.2. The highest BCUT2D eigenvalue weighted by Gasteiger charge is 2.26. The molecule has 1 unspecified atom stereocenters. The summed E-state index contributed by atoms with van der Waals surface area (Å²) >= 11 is 0. The number of hydrogen-bond donors (Lipinski definition) is 2. The monoisotopic (exact) mass is 187 g/mol. The van der Waals surface area contributed by atoms with Crippen LogP contribution in [0.15, 0.2) is 0 Å². The van der Waals surface area contributed by atoms with E-state index in [9.17, 15) is 0 Å². The van der Waals surface area contributed by atoms with Crippen LogP contribution < -0.4 is 5.32 Å². The smallest absolute Gasteiger partial charge is 0.0524 e. The zero-order chi connectivity index (χ0) is 9.73. The van der Waals surface area contributed by atoms with E-state index in [0.29, 0.717) is 0 Å². The summed E-state index contributed by atoms with van der Waals surface area (Å²) in [6.07, 6.45) is 2.78. The fourth-order valence-electron chi connectivity index (χ4n) is 1.58. The van der Waals surface area contributed by atoms with Gasteiger partial charge in [0.1, 0.15) is 0 Å². The maximum Gasteiger partial charge on any atom is 0.0524 e. The minimum atomic E-state index is -0.198. The molecule has 1 fully saturated rings. The summed E-state index contributed by atoms with van der Waals surface area (Å²) < 4.78 is 5.30. The zero-order valence-electron chi connectivity index (χ0n) is 8.68.